The Labute approximate surface area is 92.0 Å². The van der Waals surface area contributed by atoms with Crippen LogP contribution in [0.3, 0.4) is 0 Å². The van der Waals surface area contributed by atoms with E-state index in [1.165, 1.54) is 11.1 Å². The molecular weight excluding hydrogens is 210 g/mol. The summed E-state index contributed by atoms with van der Waals surface area (Å²) in [5.74, 6) is -0.568. The summed E-state index contributed by atoms with van der Waals surface area (Å²) in [4.78, 5) is 24.5. The van der Waals surface area contributed by atoms with Gasteiger partial charge in [0, 0.05) is 6.54 Å². The summed E-state index contributed by atoms with van der Waals surface area (Å²) in [6.45, 7) is 0.588. The molecule has 1 atom stereocenters. The number of nitrogens with one attached hydrogen (secondary N) is 1. The number of rotatable bonds is 3. The Kier molecular flexibility index (Phi) is 2.84. The van der Waals surface area contributed by atoms with Gasteiger partial charge < -0.3 is 10.6 Å². The maximum absolute atomic E-state index is 11.9. The lowest BCUT2D eigenvalue weighted by atomic mass is 10.2. The summed E-state index contributed by atoms with van der Waals surface area (Å²) in [5, 5.41) is 9.85. The minimum atomic E-state index is -0.459. The van der Waals surface area contributed by atoms with Crippen LogP contribution < -0.4 is 5.73 Å². The molecule has 3 N–H and O–H groups in total. The Morgan fingerprint density at radius 3 is 3.06 bits per heavy atom. The van der Waals surface area contributed by atoms with Crippen LogP contribution in [0.5, 0.6) is 0 Å². The highest BCUT2D eigenvalue weighted by molar-refractivity contribution is 5.87. The van der Waals surface area contributed by atoms with Gasteiger partial charge in [0.15, 0.2) is 0 Å². The molecule has 7 nitrogen and oxygen atoms in total. The van der Waals surface area contributed by atoms with Crippen LogP contribution in [0.15, 0.2) is 6.20 Å². The Hall–Kier alpha value is -1.92. The van der Waals surface area contributed by atoms with E-state index in [0.717, 1.165) is 6.42 Å². The fraction of sp³-hybridized carbons (Fsp3) is 0.556. The second kappa shape index (κ2) is 4.30. The van der Waals surface area contributed by atoms with Gasteiger partial charge in [-0.25, -0.2) is 0 Å². The SMILES string of the molecule is NC(=O)C1CCCN1C(=O)Cc1cn[nH]n1. The van der Waals surface area contributed by atoms with Crippen molar-refractivity contribution in [3.8, 4) is 0 Å². The van der Waals surface area contributed by atoms with Crippen molar-refractivity contribution in [2.45, 2.75) is 25.3 Å². The van der Waals surface area contributed by atoms with E-state index in [4.69, 9.17) is 5.73 Å². The van der Waals surface area contributed by atoms with Gasteiger partial charge in [0.1, 0.15) is 6.04 Å². The quantitative estimate of drug-likeness (QED) is 0.673. The van der Waals surface area contributed by atoms with Gasteiger partial charge in [-0.1, -0.05) is 0 Å². The van der Waals surface area contributed by atoms with Gasteiger partial charge in [-0.2, -0.15) is 15.4 Å². The van der Waals surface area contributed by atoms with Gasteiger partial charge >= 0.3 is 0 Å². The molecule has 0 aromatic carbocycles. The summed E-state index contributed by atoms with van der Waals surface area (Å²) in [5.41, 5.74) is 5.80. The molecule has 1 saturated heterocycles. The number of likely N-dealkylation sites (tertiary alicyclic amines) is 1. The van der Waals surface area contributed by atoms with Crippen molar-refractivity contribution in [3.05, 3.63) is 11.9 Å². The highest BCUT2D eigenvalue weighted by Gasteiger charge is 2.32. The third-order valence-electron chi connectivity index (χ3n) is 2.70. The maximum Gasteiger partial charge on any atom is 0.240 e. The summed E-state index contributed by atoms with van der Waals surface area (Å²) < 4.78 is 0. The van der Waals surface area contributed by atoms with Gasteiger partial charge in [0.25, 0.3) is 0 Å². The number of aromatic nitrogens is 3. The van der Waals surface area contributed by atoms with Crippen molar-refractivity contribution in [3.63, 3.8) is 0 Å². The van der Waals surface area contributed by atoms with Crippen LogP contribution in [-0.4, -0.2) is 44.7 Å². The number of primary amides is 1. The van der Waals surface area contributed by atoms with Gasteiger partial charge in [0.2, 0.25) is 11.8 Å². The highest BCUT2D eigenvalue weighted by Crippen LogP contribution is 2.17. The second-order valence-electron chi connectivity index (χ2n) is 3.79. The number of nitrogens with zero attached hydrogens (tertiary/aromatic N) is 3. The second-order valence-corrected chi connectivity index (χ2v) is 3.79. The van der Waals surface area contributed by atoms with Crippen LogP contribution >= 0.6 is 0 Å². The first kappa shape index (κ1) is 10.6. The number of carbonyl (C=O) groups is 2. The average molecular weight is 223 g/mol. The minimum Gasteiger partial charge on any atom is -0.368 e. The molecule has 2 rings (SSSR count). The van der Waals surface area contributed by atoms with Crippen LogP contribution in [0.2, 0.25) is 0 Å². The molecule has 7 heteroatoms. The van der Waals surface area contributed by atoms with E-state index in [9.17, 15) is 9.59 Å². The van der Waals surface area contributed by atoms with E-state index in [0.29, 0.717) is 18.7 Å². The predicted octanol–water partition coefficient (Wildman–Crippen LogP) is -1.18. The van der Waals surface area contributed by atoms with Crippen molar-refractivity contribution >= 4 is 11.8 Å². The molecule has 1 aliphatic heterocycles. The molecule has 1 aromatic rings. The van der Waals surface area contributed by atoms with Crippen LogP contribution in [0.1, 0.15) is 18.5 Å². The first-order valence-electron chi connectivity index (χ1n) is 5.12. The Morgan fingerprint density at radius 1 is 1.62 bits per heavy atom. The van der Waals surface area contributed by atoms with Crippen LogP contribution in [0.25, 0.3) is 0 Å². The zero-order chi connectivity index (χ0) is 11.5. The molecule has 1 aromatic heterocycles. The number of hydrogen-bond acceptors (Lipinski definition) is 4. The van der Waals surface area contributed by atoms with Gasteiger partial charge in [-0.05, 0) is 12.8 Å². The van der Waals surface area contributed by atoms with E-state index in [2.05, 4.69) is 15.4 Å². The van der Waals surface area contributed by atoms with E-state index >= 15 is 0 Å². The van der Waals surface area contributed by atoms with Crippen molar-refractivity contribution in [2.75, 3.05) is 6.54 Å². The maximum atomic E-state index is 11.9. The van der Waals surface area contributed by atoms with Crippen LogP contribution in [0.4, 0.5) is 0 Å². The third kappa shape index (κ3) is 2.02. The Morgan fingerprint density at radius 2 is 2.44 bits per heavy atom. The average Bonchev–Trinajstić information content (AvgIpc) is 2.86. The molecule has 0 aliphatic carbocycles. The zero-order valence-electron chi connectivity index (χ0n) is 8.72. The molecule has 1 unspecified atom stereocenters. The summed E-state index contributed by atoms with van der Waals surface area (Å²) in [7, 11) is 0. The van der Waals surface area contributed by atoms with E-state index in [1.54, 1.807) is 0 Å². The van der Waals surface area contributed by atoms with E-state index in [-0.39, 0.29) is 12.3 Å². The van der Waals surface area contributed by atoms with E-state index < -0.39 is 11.9 Å². The van der Waals surface area contributed by atoms with Crippen molar-refractivity contribution in [1.29, 1.82) is 0 Å². The standard InChI is InChI=1S/C9H13N5O2/c10-9(16)7-2-1-3-14(7)8(15)4-6-5-11-13-12-6/h5,7H,1-4H2,(H2,10,16)(H,11,12,13). The number of H-pyrrole nitrogens is 1. The number of amides is 2. The molecular formula is C9H13N5O2. The molecule has 2 heterocycles. The van der Waals surface area contributed by atoms with Gasteiger partial charge in [-0.15, -0.1) is 0 Å². The number of carbonyl (C=O) groups excluding carboxylic acids is 2. The number of aromatic amines is 1. The first-order valence-corrected chi connectivity index (χ1v) is 5.12. The third-order valence-corrected chi connectivity index (χ3v) is 2.70. The summed E-state index contributed by atoms with van der Waals surface area (Å²) in [6, 6.07) is -0.459. The smallest absolute Gasteiger partial charge is 0.240 e. The molecule has 0 bridgehead atoms. The van der Waals surface area contributed by atoms with Gasteiger partial charge in [0.05, 0.1) is 18.3 Å². The van der Waals surface area contributed by atoms with E-state index in [1.807, 2.05) is 0 Å². The lowest BCUT2D eigenvalue weighted by Gasteiger charge is -2.21. The molecule has 1 fully saturated rings. The lowest BCUT2D eigenvalue weighted by Crippen LogP contribution is -2.44. The fourth-order valence-corrected chi connectivity index (χ4v) is 1.93. The summed E-state index contributed by atoms with van der Waals surface area (Å²) >= 11 is 0. The van der Waals surface area contributed by atoms with Crippen LogP contribution in [0, 0.1) is 0 Å². The normalized spacial score (nSPS) is 20.0. The molecule has 0 radical (unpaired) electrons. The minimum absolute atomic E-state index is 0.129. The molecule has 0 saturated carbocycles. The predicted molar refractivity (Wildman–Crippen MR) is 54.0 cm³/mol. The van der Waals surface area contributed by atoms with Crippen molar-refractivity contribution < 1.29 is 9.59 Å². The zero-order valence-corrected chi connectivity index (χ0v) is 8.72. The monoisotopic (exact) mass is 223 g/mol. The highest BCUT2D eigenvalue weighted by atomic mass is 16.2. The molecule has 86 valence electrons. The number of nitrogens with two attached hydrogens (primary N) is 1. The lowest BCUT2D eigenvalue weighted by molar-refractivity contribution is -0.136. The largest absolute Gasteiger partial charge is 0.368 e. The topological polar surface area (TPSA) is 105 Å². The fourth-order valence-electron chi connectivity index (χ4n) is 1.93. The Balaban J connectivity index is 2.01. The van der Waals surface area contributed by atoms with Crippen molar-refractivity contribution in [1.82, 2.24) is 20.3 Å². The Bertz CT molecular complexity index is 389. The molecule has 2 amide bonds. The molecule has 1 aliphatic rings. The van der Waals surface area contributed by atoms with Crippen molar-refractivity contribution in [2.24, 2.45) is 5.73 Å². The van der Waals surface area contributed by atoms with Gasteiger partial charge in [-0.3, -0.25) is 9.59 Å². The molecule has 16 heavy (non-hydrogen) atoms. The first-order chi connectivity index (χ1) is 7.68. The molecule has 0 spiro atoms. The number of hydrogen-bond donors (Lipinski definition) is 2. The van der Waals surface area contributed by atoms with Crippen LogP contribution in [-0.2, 0) is 16.0 Å². The summed E-state index contributed by atoms with van der Waals surface area (Å²) in [6.07, 6.45) is 3.12.